The number of amides is 1. The van der Waals surface area contributed by atoms with Gasteiger partial charge in [-0.15, -0.1) is 0 Å². The number of hydrogen-bond acceptors (Lipinski definition) is 3. The lowest BCUT2D eigenvalue weighted by Crippen LogP contribution is -2.34. The second-order valence-corrected chi connectivity index (χ2v) is 5.69. The molecule has 0 atom stereocenters. The summed E-state index contributed by atoms with van der Waals surface area (Å²) in [6.07, 6.45) is 0.819. The summed E-state index contributed by atoms with van der Waals surface area (Å²) in [6, 6.07) is 5.49. The lowest BCUT2D eigenvalue weighted by molar-refractivity contribution is -0.137. The van der Waals surface area contributed by atoms with E-state index in [0.717, 1.165) is 5.56 Å². The molecule has 20 heavy (non-hydrogen) atoms. The molecule has 0 radical (unpaired) electrons. The van der Waals surface area contributed by atoms with Crippen molar-refractivity contribution >= 4 is 17.6 Å². The smallest absolute Gasteiger partial charge is 0.303 e. The SMILES string of the molecule is CN1C(=O)CC(C)(C)Oc2ccc(CCC(=O)O)cc21. The van der Waals surface area contributed by atoms with Gasteiger partial charge in [0, 0.05) is 13.5 Å². The first-order valence-corrected chi connectivity index (χ1v) is 6.59. The van der Waals surface area contributed by atoms with Crippen LogP contribution in [0.15, 0.2) is 18.2 Å². The van der Waals surface area contributed by atoms with Crippen LogP contribution in [-0.4, -0.2) is 29.6 Å². The lowest BCUT2D eigenvalue weighted by Gasteiger charge is -2.23. The number of carboxylic acids is 1. The number of carbonyl (C=O) groups is 2. The molecule has 0 bridgehead atoms. The van der Waals surface area contributed by atoms with Gasteiger partial charge in [-0.1, -0.05) is 6.07 Å². The molecule has 0 saturated carbocycles. The van der Waals surface area contributed by atoms with Crippen LogP contribution in [0.1, 0.15) is 32.3 Å². The number of carboxylic acid groups (broad SMARTS) is 1. The summed E-state index contributed by atoms with van der Waals surface area (Å²) in [4.78, 5) is 24.3. The van der Waals surface area contributed by atoms with Crippen LogP contribution < -0.4 is 9.64 Å². The van der Waals surface area contributed by atoms with Crippen molar-refractivity contribution in [1.82, 2.24) is 0 Å². The number of rotatable bonds is 3. The first-order chi connectivity index (χ1) is 9.28. The average molecular weight is 277 g/mol. The van der Waals surface area contributed by atoms with Gasteiger partial charge in [0.15, 0.2) is 0 Å². The molecule has 0 saturated heterocycles. The molecule has 0 fully saturated rings. The molecule has 1 aliphatic heterocycles. The van der Waals surface area contributed by atoms with E-state index in [9.17, 15) is 9.59 Å². The molecule has 1 amide bonds. The number of nitrogens with zero attached hydrogens (tertiary/aromatic N) is 1. The molecule has 0 spiro atoms. The van der Waals surface area contributed by atoms with Gasteiger partial charge in [-0.05, 0) is 38.0 Å². The number of hydrogen-bond donors (Lipinski definition) is 1. The summed E-state index contributed by atoms with van der Waals surface area (Å²) in [6.45, 7) is 3.76. The van der Waals surface area contributed by atoms with Crippen LogP contribution >= 0.6 is 0 Å². The summed E-state index contributed by atoms with van der Waals surface area (Å²) >= 11 is 0. The van der Waals surface area contributed by atoms with Crippen LogP contribution in [0.4, 0.5) is 5.69 Å². The number of aliphatic carboxylic acids is 1. The third kappa shape index (κ3) is 3.10. The van der Waals surface area contributed by atoms with Gasteiger partial charge in [-0.25, -0.2) is 0 Å². The fraction of sp³-hybridized carbons (Fsp3) is 0.467. The molecule has 108 valence electrons. The standard InChI is InChI=1S/C15H19NO4/c1-15(2)9-13(17)16(3)11-8-10(5-7-14(18)19)4-6-12(11)20-15/h4,6,8H,5,7,9H2,1-3H3,(H,18,19). The maximum absolute atomic E-state index is 12.1. The van der Waals surface area contributed by atoms with Gasteiger partial charge in [0.1, 0.15) is 11.4 Å². The number of ether oxygens (including phenoxy) is 1. The van der Waals surface area contributed by atoms with E-state index >= 15 is 0 Å². The maximum atomic E-state index is 12.1. The molecule has 0 unspecified atom stereocenters. The van der Waals surface area contributed by atoms with Crippen LogP contribution in [0.25, 0.3) is 0 Å². The molecule has 5 heteroatoms. The molecule has 1 aromatic carbocycles. The van der Waals surface area contributed by atoms with Gasteiger partial charge in [0.2, 0.25) is 5.91 Å². The molecule has 0 aliphatic carbocycles. The van der Waals surface area contributed by atoms with E-state index in [1.54, 1.807) is 11.9 Å². The van der Waals surface area contributed by atoms with Crippen molar-refractivity contribution < 1.29 is 19.4 Å². The minimum atomic E-state index is -0.832. The van der Waals surface area contributed by atoms with Gasteiger partial charge >= 0.3 is 5.97 Å². The molecule has 0 aromatic heterocycles. The van der Waals surface area contributed by atoms with Gasteiger partial charge in [0.25, 0.3) is 0 Å². The van der Waals surface area contributed by atoms with E-state index in [1.807, 2.05) is 32.0 Å². The molecular formula is C15H19NO4. The minimum absolute atomic E-state index is 0.0101. The Labute approximate surface area is 118 Å². The van der Waals surface area contributed by atoms with Crippen LogP contribution in [0, 0.1) is 0 Å². The second kappa shape index (κ2) is 5.15. The number of benzene rings is 1. The number of aryl methyl sites for hydroxylation is 1. The Morgan fingerprint density at radius 3 is 2.80 bits per heavy atom. The Kier molecular flexibility index (Phi) is 3.70. The lowest BCUT2D eigenvalue weighted by atomic mass is 10.1. The van der Waals surface area contributed by atoms with E-state index < -0.39 is 11.6 Å². The van der Waals surface area contributed by atoms with Crippen molar-refractivity contribution in [1.29, 1.82) is 0 Å². The summed E-state index contributed by atoms with van der Waals surface area (Å²) in [7, 11) is 1.72. The second-order valence-electron chi connectivity index (χ2n) is 5.69. The molecule has 1 aromatic rings. The summed E-state index contributed by atoms with van der Waals surface area (Å²) < 4.78 is 5.89. The van der Waals surface area contributed by atoms with Crippen molar-refractivity contribution in [3.8, 4) is 5.75 Å². The Morgan fingerprint density at radius 2 is 2.15 bits per heavy atom. The van der Waals surface area contributed by atoms with Crippen LogP contribution in [0.5, 0.6) is 5.75 Å². The van der Waals surface area contributed by atoms with E-state index in [1.165, 1.54) is 0 Å². The first kappa shape index (κ1) is 14.4. The third-order valence-electron chi connectivity index (χ3n) is 3.35. The zero-order valence-electron chi connectivity index (χ0n) is 12.0. The number of fused-ring (bicyclic) bond motifs is 1. The van der Waals surface area contributed by atoms with Crippen LogP contribution in [-0.2, 0) is 16.0 Å². The highest BCUT2D eigenvalue weighted by Gasteiger charge is 2.32. The summed E-state index contributed by atoms with van der Waals surface area (Å²) in [5.74, 6) is -0.187. The van der Waals surface area contributed by atoms with Crippen molar-refractivity contribution in [3.05, 3.63) is 23.8 Å². The molecule has 1 N–H and O–H groups in total. The first-order valence-electron chi connectivity index (χ1n) is 6.59. The molecule has 2 rings (SSSR count). The Morgan fingerprint density at radius 1 is 1.45 bits per heavy atom. The summed E-state index contributed by atoms with van der Waals surface area (Å²) in [5, 5.41) is 8.73. The van der Waals surface area contributed by atoms with Crippen molar-refractivity contribution in [2.24, 2.45) is 0 Å². The topological polar surface area (TPSA) is 66.8 Å². The highest BCUT2D eigenvalue weighted by molar-refractivity contribution is 5.95. The van der Waals surface area contributed by atoms with Gasteiger partial charge in [0.05, 0.1) is 12.1 Å². The van der Waals surface area contributed by atoms with E-state index in [-0.39, 0.29) is 12.3 Å². The fourth-order valence-corrected chi connectivity index (χ4v) is 2.27. The Hall–Kier alpha value is -2.04. The van der Waals surface area contributed by atoms with Crippen molar-refractivity contribution in [2.45, 2.75) is 38.7 Å². The van der Waals surface area contributed by atoms with E-state index in [4.69, 9.17) is 9.84 Å². The molecule has 5 nitrogen and oxygen atoms in total. The highest BCUT2D eigenvalue weighted by Crippen LogP contribution is 2.36. The monoisotopic (exact) mass is 277 g/mol. The zero-order chi connectivity index (χ0) is 14.9. The molecular weight excluding hydrogens is 258 g/mol. The number of anilines is 1. The maximum Gasteiger partial charge on any atom is 0.303 e. The minimum Gasteiger partial charge on any atom is -0.485 e. The number of carbonyl (C=O) groups excluding carboxylic acids is 1. The predicted octanol–water partition coefficient (Wildman–Crippen LogP) is 2.23. The Bertz CT molecular complexity index is 551. The van der Waals surface area contributed by atoms with Crippen molar-refractivity contribution in [3.63, 3.8) is 0 Å². The van der Waals surface area contributed by atoms with Crippen LogP contribution in [0.2, 0.25) is 0 Å². The zero-order valence-corrected chi connectivity index (χ0v) is 12.0. The average Bonchev–Trinajstić information content (AvgIpc) is 2.42. The Balaban J connectivity index is 2.34. The van der Waals surface area contributed by atoms with E-state index in [2.05, 4.69) is 0 Å². The molecule has 1 heterocycles. The predicted molar refractivity (Wildman–Crippen MR) is 75.1 cm³/mol. The third-order valence-corrected chi connectivity index (χ3v) is 3.35. The normalized spacial score (nSPS) is 17.1. The molecule has 1 aliphatic rings. The fourth-order valence-electron chi connectivity index (χ4n) is 2.27. The largest absolute Gasteiger partial charge is 0.485 e. The summed E-state index contributed by atoms with van der Waals surface area (Å²) in [5.41, 5.74) is 1.04. The van der Waals surface area contributed by atoms with Crippen molar-refractivity contribution in [2.75, 3.05) is 11.9 Å². The highest BCUT2D eigenvalue weighted by atomic mass is 16.5. The quantitative estimate of drug-likeness (QED) is 0.920. The van der Waals surface area contributed by atoms with Gasteiger partial charge in [-0.3, -0.25) is 9.59 Å². The van der Waals surface area contributed by atoms with E-state index in [0.29, 0.717) is 24.3 Å². The van der Waals surface area contributed by atoms with Gasteiger partial charge < -0.3 is 14.7 Å². The van der Waals surface area contributed by atoms with Gasteiger partial charge in [-0.2, -0.15) is 0 Å². The van der Waals surface area contributed by atoms with Crippen LogP contribution in [0.3, 0.4) is 0 Å².